The van der Waals surface area contributed by atoms with Crippen molar-refractivity contribution in [2.24, 2.45) is 11.3 Å². The third-order valence-corrected chi connectivity index (χ3v) is 6.41. The van der Waals surface area contributed by atoms with E-state index >= 15 is 17.6 Å². The van der Waals surface area contributed by atoms with E-state index in [0.29, 0.717) is 0 Å². The zero-order valence-electron chi connectivity index (χ0n) is 21.3. The minimum atomic E-state index is -9.56. The number of halogens is 26. The first-order valence-electron chi connectivity index (χ1n) is 10.6. The van der Waals surface area contributed by atoms with E-state index in [-0.39, 0.29) is 0 Å². The van der Waals surface area contributed by atoms with Crippen molar-refractivity contribution in [2.75, 3.05) is 0 Å². The fourth-order valence-electron chi connectivity index (χ4n) is 3.74. The smallest absolute Gasteiger partial charge is 0.460 e. The van der Waals surface area contributed by atoms with Crippen LogP contribution in [0.15, 0.2) is 0 Å². The van der Waals surface area contributed by atoms with Crippen molar-refractivity contribution < 1.29 is 134 Å². The minimum Gasteiger partial charge on any atom is -0.481 e. The second kappa shape index (κ2) is 11.3. The molecule has 0 aromatic rings. The first-order valence-corrected chi connectivity index (χ1v) is 10.6. The van der Waals surface area contributed by atoms with Gasteiger partial charge >= 0.3 is 83.5 Å². The molecule has 2 N–H and O–H groups in total. The lowest BCUT2D eigenvalue weighted by molar-refractivity contribution is -0.474. The van der Waals surface area contributed by atoms with Gasteiger partial charge in [-0.25, -0.2) is 0 Å². The summed E-state index contributed by atoms with van der Waals surface area (Å²) in [4.78, 5) is 22.3. The van der Waals surface area contributed by atoms with Crippen molar-refractivity contribution in [2.45, 2.75) is 84.9 Å². The summed E-state index contributed by atoms with van der Waals surface area (Å²) in [5.74, 6) is -107. The summed E-state index contributed by atoms with van der Waals surface area (Å²) in [7, 11) is 0. The molecule has 0 aliphatic heterocycles. The van der Waals surface area contributed by atoms with Gasteiger partial charge in [0.2, 0.25) is 5.41 Å². The maximum Gasteiger partial charge on any atom is 0.460 e. The van der Waals surface area contributed by atoms with Gasteiger partial charge in [0.1, 0.15) is 0 Å². The highest BCUT2D eigenvalue weighted by molar-refractivity contribution is 5.80. The fraction of sp³-hybridized carbons (Fsp3) is 0.889. The van der Waals surface area contributed by atoms with Crippen LogP contribution in [-0.4, -0.2) is 93.7 Å². The summed E-state index contributed by atoms with van der Waals surface area (Å²) in [5, 5.41) is 17.4. The zero-order chi connectivity index (χ0) is 39.9. The number of aliphatic carboxylic acids is 2. The van der Waals surface area contributed by atoms with Gasteiger partial charge in [0, 0.05) is 6.42 Å². The largest absolute Gasteiger partial charge is 0.481 e. The molecule has 0 amide bonds. The van der Waals surface area contributed by atoms with E-state index in [4.69, 9.17) is 10.2 Å². The first-order chi connectivity index (χ1) is 20.3. The van der Waals surface area contributed by atoms with Crippen molar-refractivity contribution in [1.29, 1.82) is 0 Å². The topological polar surface area (TPSA) is 74.6 Å². The fourth-order valence-corrected chi connectivity index (χ4v) is 3.74. The van der Waals surface area contributed by atoms with Crippen LogP contribution in [0.1, 0.15) is 13.3 Å². The Balaban J connectivity index is 8.59. The Hall–Kier alpha value is -2.88. The van der Waals surface area contributed by atoms with Gasteiger partial charge < -0.3 is 10.2 Å². The molecular weight excluding hydrogens is 774 g/mol. The van der Waals surface area contributed by atoms with Gasteiger partial charge in [-0.3, -0.25) is 9.59 Å². The van der Waals surface area contributed by atoms with Gasteiger partial charge in [0.05, 0.1) is 0 Å². The van der Waals surface area contributed by atoms with Crippen molar-refractivity contribution in [3.63, 3.8) is 0 Å². The SMILES string of the molecule is CC(CC(=O)O)C(C(=O)O)(C(F)(F)C(F)(F)C(F)(F)C(F)(F)C(F)(F)C(F)(F)F)C(F)(F)C(F)(F)C(F)(F)C(F)(F)C(F)(F)C(F)(F)F. The van der Waals surface area contributed by atoms with Crippen LogP contribution in [0.25, 0.3) is 0 Å². The summed E-state index contributed by atoms with van der Waals surface area (Å²) < 4.78 is 355. The molecule has 0 aliphatic rings. The highest BCUT2D eigenvalue weighted by Crippen LogP contribution is 2.71. The third kappa shape index (κ3) is 5.21. The van der Waals surface area contributed by atoms with Crippen LogP contribution in [0.4, 0.5) is 114 Å². The predicted molar refractivity (Wildman–Crippen MR) is 93.1 cm³/mol. The van der Waals surface area contributed by atoms with Crippen LogP contribution in [0.5, 0.6) is 0 Å². The van der Waals surface area contributed by atoms with E-state index in [1.54, 1.807) is 0 Å². The molecule has 0 spiro atoms. The van der Waals surface area contributed by atoms with Gasteiger partial charge in [0.15, 0.2) is 0 Å². The van der Waals surface area contributed by atoms with Gasteiger partial charge in [-0.2, -0.15) is 114 Å². The molecule has 1 unspecified atom stereocenters. The molecule has 0 rings (SSSR count). The Morgan fingerprint density at radius 2 is 0.583 bits per heavy atom. The van der Waals surface area contributed by atoms with Gasteiger partial charge in [-0.15, -0.1) is 0 Å². The quantitative estimate of drug-likeness (QED) is 0.173. The lowest BCUT2D eigenvalue weighted by atomic mass is 9.60. The van der Waals surface area contributed by atoms with E-state index in [9.17, 15) is 106 Å². The van der Waals surface area contributed by atoms with E-state index < -0.39 is 108 Å². The number of alkyl halides is 26. The van der Waals surface area contributed by atoms with Crippen molar-refractivity contribution in [1.82, 2.24) is 0 Å². The molecule has 48 heavy (non-hydrogen) atoms. The molecule has 4 nitrogen and oxygen atoms in total. The Bertz CT molecular complexity index is 1150. The van der Waals surface area contributed by atoms with E-state index in [1.165, 1.54) is 0 Å². The number of carbonyl (C=O) groups is 2. The second-order valence-corrected chi connectivity index (χ2v) is 9.35. The van der Waals surface area contributed by atoms with Crippen molar-refractivity contribution >= 4 is 11.9 Å². The maximum atomic E-state index is 15.1. The summed E-state index contributed by atoms with van der Waals surface area (Å²) in [5.41, 5.74) is -8.30. The molecule has 0 fully saturated rings. The average molecular weight is 782 g/mol. The molecule has 286 valence electrons. The normalized spacial score (nSPS) is 17.0. The van der Waals surface area contributed by atoms with Crippen LogP contribution in [0.3, 0.4) is 0 Å². The second-order valence-electron chi connectivity index (χ2n) is 9.35. The molecule has 0 aromatic carbocycles. The van der Waals surface area contributed by atoms with Crippen molar-refractivity contribution in [3.8, 4) is 0 Å². The predicted octanol–water partition coefficient (Wildman–Crippen LogP) is 8.65. The van der Waals surface area contributed by atoms with Gasteiger partial charge in [-0.1, -0.05) is 6.92 Å². The van der Waals surface area contributed by atoms with E-state index in [0.717, 1.165) is 0 Å². The monoisotopic (exact) mass is 782 g/mol. The lowest BCUT2D eigenvalue weighted by Crippen LogP contribution is -2.81. The molecular formula is C18H8F26O4. The van der Waals surface area contributed by atoms with Gasteiger partial charge in [0.25, 0.3) is 0 Å². The first kappa shape index (κ1) is 45.1. The molecule has 0 heterocycles. The minimum absolute atomic E-state index is 1.25. The molecule has 0 aliphatic carbocycles. The Kier molecular flexibility index (Phi) is 10.6. The van der Waals surface area contributed by atoms with Gasteiger partial charge in [-0.05, 0) is 5.92 Å². The highest BCUT2D eigenvalue weighted by Gasteiger charge is 3.00. The third-order valence-electron chi connectivity index (χ3n) is 6.41. The molecule has 1 atom stereocenters. The molecule has 0 saturated carbocycles. The lowest BCUT2D eigenvalue weighted by Gasteiger charge is -2.52. The molecule has 0 radical (unpaired) electrons. The number of carboxylic acids is 2. The summed E-state index contributed by atoms with van der Waals surface area (Å²) in [6.07, 6.45) is -19.9. The standard InChI is InChI=1S/C18H8F26O4/c1-3(2-4(45)46)6(5(47)48,7(19,20)9(23,24)11(27,28)13(31,32)15(35,36)17(39,40)41)8(21,22)10(25,26)12(29,30)14(33,34)16(37,38)18(42,43)44/h3H,2H2,1H3,(H,45,46)(H,47,48). The number of hydrogen-bond donors (Lipinski definition) is 2. The van der Waals surface area contributed by atoms with E-state index in [2.05, 4.69) is 0 Å². The summed E-state index contributed by atoms with van der Waals surface area (Å²) >= 11 is 0. The zero-order valence-corrected chi connectivity index (χ0v) is 21.3. The Morgan fingerprint density at radius 3 is 0.750 bits per heavy atom. The highest BCUT2D eigenvalue weighted by atomic mass is 19.4. The Morgan fingerprint density at radius 1 is 0.396 bits per heavy atom. The molecule has 0 aromatic heterocycles. The maximum absolute atomic E-state index is 15.1. The average Bonchev–Trinajstić information content (AvgIpc) is 2.80. The van der Waals surface area contributed by atoms with Crippen LogP contribution < -0.4 is 0 Å². The summed E-state index contributed by atoms with van der Waals surface area (Å²) in [6, 6.07) is 0. The van der Waals surface area contributed by atoms with Crippen LogP contribution in [0, 0.1) is 11.3 Å². The van der Waals surface area contributed by atoms with Crippen molar-refractivity contribution in [3.05, 3.63) is 0 Å². The summed E-state index contributed by atoms with van der Waals surface area (Å²) in [6.45, 7) is -1.25. The Labute approximate surface area is 243 Å². The van der Waals surface area contributed by atoms with E-state index in [1.807, 2.05) is 0 Å². The number of rotatable bonds is 14. The van der Waals surface area contributed by atoms with Crippen LogP contribution in [0.2, 0.25) is 0 Å². The molecule has 0 saturated heterocycles. The molecule has 30 heteroatoms. The number of hydrogen-bond acceptors (Lipinski definition) is 2. The molecule has 0 bridgehead atoms. The number of carboxylic acid groups (broad SMARTS) is 2. The van der Waals surface area contributed by atoms with Crippen LogP contribution in [-0.2, 0) is 9.59 Å². The van der Waals surface area contributed by atoms with Crippen LogP contribution >= 0.6 is 0 Å².